The van der Waals surface area contributed by atoms with Gasteiger partial charge in [-0.2, -0.15) is 0 Å². The number of unbranched alkanes of at least 4 members (excludes halogenated alkanes) is 1. The first-order valence-corrected chi connectivity index (χ1v) is 12.5. The van der Waals surface area contributed by atoms with Crippen molar-refractivity contribution in [2.45, 2.75) is 89.3 Å². The van der Waals surface area contributed by atoms with Gasteiger partial charge in [-0.15, -0.1) is 0 Å². The minimum Gasteiger partial charge on any atom is -0.342 e. The Balaban J connectivity index is 1.46. The standard InChI is InChI=1S/C25H38N4O3/c1-2-3-14-29-23(31)21(17-19-8-5-4-6-9-19)27-24(32)25(29)11-15-28(16-12-25)18-20-10-7-13-26-22(20)30/h7,10,13,19,21H,2-6,8-9,11-12,14-18H2,1H3,(H,26,30)(H,27,32). The van der Waals surface area contributed by atoms with Gasteiger partial charge >= 0.3 is 0 Å². The number of pyridine rings is 1. The molecular weight excluding hydrogens is 404 g/mol. The number of hydrogen-bond donors (Lipinski definition) is 2. The predicted octanol–water partition coefficient (Wildman–Crippen LogP) is 2.81. The second-order valence-corrected chi connectivity index (χ2v) is 9.94. The third-order valence-corrected chi connectivity index (χ3v) is 7.81. The Morgan fingerprint density at radius 2 is 1.84 bits per heavy atom. The van der Waals surface area contributed by atoms with Crippen LogP contribution >= 0.6 is 0 Å². The lowest BCUT2D eigenvalue weighted by Gasteiger charge is -2.52. The molecular formula is C25H38N4O3. The Hall–Kier alpha value is -2.15. The molecule has 3 fully saturated rings. The van der Waals surface area contributed by atoms with Crippen LogP contribution in [0.1, 0.15) is 76.7 Å². The fraction of sp³-hybridized carbons (Fsp3) is 0.720. The number of nitrogens with one attached hydrogen (secondary N) is 2. The van der Waals surface area contributed by atoms with Crippen molar-refractivity contribution < 1.29 is 9.59 Å². The molecule has 1 aliphatic carbocycles. The molecule has 1 spiro atoms. The van der Waals surface area contributed by atoms with Crippen molar-refractivity contribution in [1.29, 1.82) is 0 Å². The third-order valence-electron chi connectivity index (χ3n) is 7.81. The van der Waals surface area contributed by atoms with E-state index in [2.05, 4.69) is 22.1 Å². The number of amides is 2. The van der Waals surface area contributed by atoms with Crippen LogP contribution in [0.4, 0.5) is 0 Å². The van der Waals surface area contributed by atoms with Crippen LogP contribution in [-0.2, 0) is 16.1 Å². The van der Waals surface area contributed by atoms with Gasteiger partial charge in [0.1, 0.15) is 11.6 Å². The first-order valence-electron chi connectivity index (χ1n) is 12.5. The first-order chi connectivity index (χ1) is 15.5. The fourth-order valence-corrected chi connectivity index (χ4v) is 5.83. The van der Waals surface area contributed by atoms with Gasteiger partial charge in [-0.1, -0.05) is 51.5 Å². The summed E-state index contributed by atoms with van der Waals surface area (Å²) in [6.45, 7) is 4.75. The van der Waals surface area contributed by atoms with Crippen molar-refractivity contribution in [3.8, 4) is 0 Å². The molecule has 2 amide bonds. The number of nitrogens with zero attached hydrogens (tertiary/aromatic N) is 2. The highest BCUT2D eigenvalue weighted by molar-refractivity contribution is 6.00. The molecule has 2 N–H and O–H groups in total. The van der Waals surface area contributed by atoms with Gasteiger partial charge < -0.3 is 15.2 Å². The van der Waals surface area contributed by atoms with E-state index in [0.717, 1.165) is 24.8 Å². The smallest absolute Gasteiger partial charge is 0.252 e. The second-order valence-electron chi connectivity index (χ2n) is 9.94. The molecule has 3 heterocycles. The largest absolute Gasteiger partial charge is 0.342 e. The number of piperazine rings is 1. The van der Waals surface area contributed by atoms with Crippen LogP contribution in [0.3, 0.4) is 0 Å². The summed E-state index contributed by atoms with van der Waals surface area (Å²) in [7, 11) is 0. The molecule has 4 rings (SSSR count). The number of aromatic amines is 1. The van der Waals surface area contributed by atoms with E-state index in [1.54, 1.807) is 6.20 Å². The van der Waals surface area contributed by atoms with E-state index in [4.69, 9.17) is 0 Å². The van der Waals surface area contributed by atoms with E-state index in [0.29, 0.717) is 44.9 Å². The number of aromatic nitrogens is 1. The number of carbonyl (C=O) groups excluding carboxylic acids is 2. The third kappa shape index (κ3) is 4.77. The number of H-pyrrole nitrogens is 1. The monoisotopic (exact) mass is 442 g/mol. The summed E-state index contributed by atoms with van der Waals surface area (Å²) >= 11 is 0. The first kappa shape index (κ1) is 23.0. The van der Waals surface area contributed by atoms with Gasteiger partial charge in [-0.05, 0) is 37.7 Å². The summed E-state index contributed by atoms with van der Waals surface area (Å²) in [4.78, 5) is 46.0. The molecule has 7 nitrogen and oxygen atoms in total. The fourth-order valence-electron chi connectivity index (χ4n) is 5.83. The molecule has 1 saturated carbocycles. The molecule has 2 saturated heterocycles. The summed E-state index contributed by atoms with van der Waals surface area (Å²) in [6.07, 6.45) is 11.7. The molecule has 0 bridgehead atoms. The van der Waals surface area contributed by atoms with E-state index in [-0.39, 0.29) is 23.4 Å². The van der Waals surface area contributed by atoms with E-state index in [9.17, 15) is 14.4 Å². The van der Waals surface area contributed by atoms with E-state index < -0.39 is 5.54 Å². The van der Waals surface area contributed by atoms with Gasteiger partial charge in [-0.3, -0.25) is 19.3 Å². The highest BCUT2D eigenvalue weighted by Crippen LogP contribution is 2.36. The minimum absolute atomic E-state index is 0.0335. The maximum absolute atomic E-state index is 13.6. The molecule has 1 unspecified atom stereocenters. The SMILES string of the molecule is CCCCN1C(=O)C(CC2CCCCC2)NC(=O)C12CCN(Cc1ccc[nH]c1=O)CC2. The molecule has 32 heavy (non-hydrogen) atoms. The number of carbonyl (C=O) groups is 2. The Labute approximate surface area is 190 Å². The Morgan fingerprint density at radius 3 is 2.53 bits per heavy atom. The van der Waals surface area contributed by atoms with Crippen molar-refractivity contribution in [2.24, 2.45) is 5.92 Å². The van der Waals surface area contributed by atoms with Crippen LogP contribution in [0.15, 0.2) is 23.1 Å². The zero-order valence-electron chi connectivity index (χ0n) is 19.4. The molecule has 3 aliphatic rings. The number of piperidine rings is 1. The molecule has 1 aromatic rings. The summed E-state index contributed by atoms with van der Waals surface area (Å²) in [5, 5.41) is 3.15. The van der Waals surface area contributed by atoms with Gasteiger partial charge in [0.15, 0.2) is 0 Å². The molecule has 0 radical (unpaired) electrons. The number of rotatable bonds is 7. The summed E-state index contributed by atoms with van der Waals surface area (Å²) in [5.41, 5.74) is -0.0638. The molecule has 0 aromatic carbocycles. The van der Waals surface area contributed by atoms with E-state index >= 15 is 0 Å². The summed E-state index contributed by atoms with van der Waals surface area (Å²) in [6, 6.07) is 3.33. The predicted molar refractivity (Wildman–Crippen MR) is 124 cm³/mol. The topological polar surface area (TPSA) is 85.5 Å². The van der Waals surface area contributed by atoms with Gasteiger partial charge in [0.25, 0.3) is 5.56 Å². The normalized spacial score (nSPS) is 24.7. The van der Waals surface area contributed by atoms with Crippen LogP contribution in [0, 0.1) is 5.92 Å². The van der Waals surface area contributed by atoms with Crippen LogP contribution in [0.2, 0.25) is 0 Å². The lowest BCUT2D eigenvalue weighted by Crippen LogP contribution is -2.73. The van der Waals surface area contributed by atoms with Crippen LogP contribution in [-0.4, -0.2) is 57.8 Å². The average molecular weight is 443 g/mol. The van der Waals surface area contributed by atoms with Crippen LogP contribution in [0.5, 0.6) is 0 Å². The maximum Gasteiger partial charge on any atom is 0.252 e. The lowest BCUT2D eigenvalue weighted by molar-refractivity contribution is -0.162. The number of likely N-dealkylation sites (tertiary alicyclic amines) is 1. The van der Waals surface area contributed by atoms with Gasteiger partial charge in [0, 0.05) is 37.9 Å². The van der Waals surface area contributed by atoms with Crippen LogP contribution < -0.4 is 10.9 Å². The molecule has 176 valence electrons. The lowest BCUT2D eigenvalue weighted by atomic mass is 9.79. The van der Waals surface area contributed by atoms with Gasteiger partial charge in [0.2, 0.25) is 11.8 Å². The van der Waals surface area contributed by atoms with Crippen molar-refractivity contribution in [3.63, 3.8) is 0 Å². The van der Waals surface area contributed by atoms with Gasteiger partial charge in [-0.25, -0.2) is 0 Å². The second kappa shape index (κ2) is 10.2. The van der Waals surface area contributed by atoms with Crippen LogP contribution in [0.25, 0.3) is 0 Å². The molecule has 2 aliphatic heterocycles. The quantitative estimate of drug-likeness (QED) is 0.680. The van der Waals surface area contributed by atoms with E-state index in [1.807, 2.05) is 17.0 Å². The molecule has 7 heteroatoms. The minimum atomic E-state index is -0.741. The highest BCUT2D eigenvalue weighted by Gasteiger charge is 2.53. The van der Waals surface area contributed by atoms with Crippen molar-refractivity contribution in [3.05, 3.63) is 34.2 Å². The van der Waals surface area contributed by atoms with Crippen molar-refractivity contribution in [2.75, 3.05) is 19.6 Å². The zero-order chi connectivity index (χ0) is 22.6. The highest BCUT2D eigenvalue weighted by atomic mass is 16.2. The average Bonchev–Trinajstić information content (AvgIpc) is 2.81. The number of hydrogen-bond acceptors (Lipinski definition) is 4. The molecule has 1 aromatic heterocycles. The van der Waals surface area contributed by atoms with E-state index in [1.165, 1.54) is 32.1 Å². The Bertz CT molecular complexity index is 853. The maximum atomic E-state index is 13.6. The Kier molecular flexibility index (Phi) is 7.33. The van der Waals surface area contributed by atoms with Crippen molar-refractivity contribution >= 4 is 11.8 Å². The van der Waals surface area contributed by atoms with Crippen molar-refractivity contribution in [1.82, 2.24) is 20.1 Å². The summed E-state index contributed by atoms with van der Waals surface area (Å²) < 4.78 is 0. The van der Waals surface area contributed by atoms with Gasteiger partial charge in [0.05, 0.1) is 0 Å². The summed E-state index contributed by atoms with van der Waals surface area (Å²) in [5.74, 6) is 0.702. The molecule has 1 atom stereocenters. The Morgan fingerprint density at radius 1 is 1.09 bits per heavy atom. The zero-order valence-corrected chi connectivity index (χ0v) is 19.4.